The zero-order valence-corrected chi connectivity index (χ0v) is 21.3. The lowest BCUT2D eigenvalue weighted by molar-refractivity contribution is -0.117. The van der Waals surface area contributed by atoms with E-state index in [9.17, 15) is 24.3 Å². The van der Waals surface area contributed by atoms with Gasteiger partial charge in [0.25, 0.3) is 0 Å². The van der Waals surface area contributed by atoms with Crippen molar-refractivity contribution in [2.45, 2.75) is 33.5 Å². The van der Waals surface area contributed by atoms with Crippen molar-refractivity contribution in [2.75, 3.05) is 69.6 Å². The number of hydrogen-bond donors (Lipinski definition) is 3. The van der Waals surface area contributed by atoms with Gasteiger partial charge in [-0.2, -0.15) is 15.0 Å². The first kappa shape index (κ1) is 29.6. The van der Waals surface area contributed by atoms with Gasteiger partial charge < -0.3 is 30.0 Å². The average Bonchev–Trinajstić information content (AvgIpc) is 2.86. The summed E-state index contributed by atoms with van der Waals surface area (Å²) < 4.78 is 18.0. The van der Waals surface area contributed by atoms with Gasteiger partial charge in [-0.1, -0.05) is 0 Å². The first-order valence-electron chi connectivity index (χ1n) is 11.4. The number of aliphatic hydroxyl groups excluding tert-OH is 1. The van der Waals surface area contributed by atoms with Crippen molar-refractivity contribution in [3.8, 4) is 0 Å². The van der Waals surface area contributed by atoms with E-state index in [4.69, 9.17) is 14.2 Å². The summed E-state index contributed by atoms with van der Waals surface area (Å²) >= 11 is 0. The molecule has 17 heteroatoms. The summed E-state index contributed by atoms with van der Waals surface area (Å²) in [6.45, 7) is 2.64. The number of ether oxygens (including phenoxy) is 3. The van der Waals surface area contributed by atoms with Crippen LogP contribution in [0.5, 0.6) is 0 Å². The average molecular weight is 528 g/mol. The van der Waals surface area contributed by atoms with Gasteiger partial charge >= 0.3 is 17.1 Å². The molecule has 2 aromatic heterocycles. The number of nitrogens with zero attached hydrogens (tertiary/aromatic N) is 7. The standard InChI is InChI=1S/C20H33N9O8/c1-5-21-15-23-16(25-17(24-15)29(13-36-4)14(2)31)22-12-37-11-8-28-19(33)26(6-9-30)18(32)27(20(28)34)7-10-35-3/h30H,5-13H2,1-4H3,(H2,21,22,23,24,25). The number of hydrogen-bond acceptors (Lipinski definition) is 13. The summed E-state index contributed by atoms with van der Waals surface area (Å²) in [5.74, 6) is 0.0736. The molecule has 0 bridgehead atoms. The van der Waals surface area contributed by atoms with E-state index in [1.54, 1.807) is 0 Å². The molecule has 2 heterocycles. The Labute approximate surface area is 211 Å². The Morgan fingerprint density at radius 3 is 1.97 bits per heavy atom. The number of methoxy groups -OCH3 is 2. The van der Waals surface area contributed by atoms with E-state index in [0.717, 1.165) is 13.7 Å². The quantitative estimate of drug-likeness (QED) is 0.153. The SMILES string of the molecule is CCNc1nc(NCOCCn2c(=O)n(CCO)c(=O)n(CCOC)c2=O)nc(N(COC)C(C)=O)n1. The molecular formula is C20H33N9O8. The van der Waals surface area contributed by atoms with E-state index in [-0.39, 0.29) is 70.1 Å². The normalized spacial score (nSPS) is 10.9. The van der Waals surface area contributed by atoms with Gasteiger partial charge in [0.15, 0.2) is 0 Å². The lowest BCUT2D eigenvalue weighted by atomic mass is 10.6. The molecule has 0 aliphatic rings. The highest BCUT2D eigenvalue weighted by molar-refractivity contribution is 5.89. The zero-order chi connectivity index (χ0) is 27.4. The van der Waals surface area contributed by atoms with E-state index in [1.807, 2.05) is 6.92 Å². The molecule has 0 fully saturated rings. The molecule has 0 aromatic carbocycles. The van der Waals surface area contributed by atoms with Crippen LogP contribution in [0.4, 0.5) is 17.8 Å². The number of carbonyl (C=O) groups is 1. The number of rotatable bonds is 16. The summed E-state index contributed by atoms with van der Waals surface area (Å²) in [4.78, 5) is 63.6. The van der Waals surface area contributed by atoms with Crippen LogP contribution in [0, 0.1) is 0 Å². The van der Waals surface area contributed by atoms with Crippen molar-refractivity contribution in [3.05, 3.63) is 31.5 Å². The maximum atomic E-state index is 12.7. The zero-order valence-electron chi connectivity index (χ0n) is 21.3. The number of aromatic nitrogens is 6. The summed E-state index contributed by atoms with van der Waals surface area (Å²) in [7, 11) is 2.85. The topological polar surface area (TPSA) is 197 Å². The Bertz CT molecular complexity index is 1210. The minimum Gasteiger partial charge on any atom is -0.395 e. The Morgan fingerprint density at radius 1 is 0.892 bits per heavy atom. The van der Waals surface area contributed by atoms with Crippen molar-refractivity contribution >= 4 is 23.8 Å². The molecular weight excluding hydrogens is 494 g/mol. The molecule has 2 rings (SSSR count). The number of anilines is 3. The maximum absolute atomic E-state index is 12.7. The van der Waals surface area contributed by atoms with E-state index in [1.165, 1.54) is 26.0 Å². The van der Waals surface area contributed by atoms with Crippen LogP contribution < -0.4 is 32.6 Å². The second-order valence-corrected chi connectivity index (χ2v) is 7.43. The highest BCUT2D eigenvalue weighted by atomic mass is 16.5. The van der Waals surface area contributed by atoms with Crippen LogP contribution in [0.15, 0.2) is 14.4 Å². The molecule has 0 aliphatic carbocycles. The molecule has 0 aliphatic heterocycles. The maximum Gasteiger partial charge on any atom is 0.336 e. The van der Waals surface area contributed by atoms with Gasteiger partial charge in [0.1, 0.15) is 13.5 Å². The van der Waals surface area contributed by atoms with Crippen LogP contribution in [0.3, 0.4) is 0 Å². The van der Waals surface area contributed by atoms with E-state index in [2.05, 4.69) is 25.6 Å². The van der Waals surface area contributed by atoms with Gasteiger partial charge in [0.05, 0.1) is 39.5 Å². The second kappa shape index (κ2) is 14.8. The fourth-order valence-electron chi connectivity index (χ4n) is 3.10. The highest BCUT2D eigenvalue weighted by Crippen LogP contribution is 2.14. The van der Waals surface area contributed by atoms with Gasteiger partial charge in [0, 0.05) is 27.7 Å². The molecule has 0 radical (unpaired) electrons. The molecule has 1 amide bonds. The summed E-state index contributed by atoms with van der Waals surface area (Å²) in [6, 6.07) is 0. The van der Waals surface area contributed by atoms with Gasteiger partial charge in [-0.3, -0.25) is 9.69 Å². The lowest BCUT2D eigenvalue weighted by Crippen LogP contribution is -2.55. The van der Waals surface area contributed by atoms with Crippen LogP contribution in [-0.4, -0.2) is 93.7 Å². The fourth-order valence-corrected chi connectivity index (χ4v) is 3.10. The number of nitrogens with one attached hydrogen (secondary N) is 2. The Balaban J connectivity index is 2.14. The molecule has 0 saturated carbocycles. The van der Waals surface area contributed by atoms with Gasteiger partial charge in [-0.05, 0) is 6.92 Å². The van der Waals surface area contributed by atoms with Crippen LogP contribution in [0.1, 0.15) is 13.8 Å². The summed E-state index contributed by atoms with van der Waals surface area (Å²) in [6.07, 6.45) is 0. The predicted octanol–water partition coefficient (Wildman–Crippen LogP) is -2.53. The third kappa shape index (κ3) is 7.91. The largest absolute Gasteiger partial charge is 0.395 e. The first-order chi connectivity index (χ1) is 17.8. The third-order valence-corrected chi connectivity index (χ3v) is 4.86. The second-order valence-electron chi connectivity index (χ2n) is 7.43. The van der Waals surface area contributed by atoms with Crippen molar-refractivity contribution in [1.82, 2.24) is 28.7 Å². The third-order valence-electron chi connectivity index (χ3n) is 4.86. The molecule has 206 valence electrons. The minimum absolute atomic E-state index is 0.0571. The van der Waals surface area contributed by atoms with Crippen molar-refractivity contribution in [1.29, 1.82) is 0 Å². The van der Waals surface area contributed by atoms with Crippen molar-refractivity contribution in [2.24, 2.45) is 0 Å². The molecule has 3 N–H and O–H groups in total. The number of amides is 1. The summed E-state index contributed by atoms with van der Waals surface area (Å²) in [5, 5.41) is 15.0. The highest BCUT2D eigenvalue weighted by Gasteiger charge is 2.18. The number of aliphatic hydroxyl groups is 1. The molecule has 0 saturated heterocycles. The number of carbonyl (C=O) groups excluding carboxylic acids is 1. The molecule has 17 nitrogen and oxygen atoms in total. The Hall–Kier alpha value is -3.67. The lowest BCUT2D eigenvalue weighted by Gasteiger charge is -2.19. The van der Waals surface area contributed by atoms with Crippen molar-refractivity contribution < 1.29 is 24.1 Å². The van der Waals surface area contributed by atoms with Crippen LogP contribution in [0.2, 0.25) is 0 Å². The molecule has 37 heavy (non-hydrogen) atoms. The van der Waals surface area contributed by atoms with E-state index in [0.29, 0.717) is 6.54 Å². The van der Waals surface area contributed by atoms with Crippen LogP contribution >= 0.6 is 0 Å². The molecule has 0 unspecified atom stereocenters. The predicted molar refractivity (Wildman–Crippen MR) is 132 cm³/mol. The van der Waals surface area contributed by atoms with Crippen LogP contribution in [-0.2, 0) is 38.6 Å². The van der Waals surface area contributed by atoms with Gasteiger partial charge in [-0.15, -0.1) is 0 Å². The van der Waals surface area contributed by atoms with Crippen LogP contribution in [0.25, 0.3) is 0 Å². The smallest absolute Gasteiger partial charge is 0.336 e. The Morgan fingerprint density at radius 2 is 1.46 bits per heavy atom. The van der Waals surface area contributed by atoms with E-state index >= 15 is 0 Å². The molecule has 0 spiro atoms. The van der Waals surface area contributed by atoms with Crippen molar-refractivity contribution in [3.63, 3.8) is 0 Å². The molecule has 0 atom stereocenters. The Kier molecular flexibility index (Phi) is 11.8. The van der Waals surface area contributed by atoms with E-state index < -0.39 is 23.7 Å². The van der Waals surface area contributed by atoms with Gasteiger partial charge in [-0.25, -0.2) is 28.1 Å². The first-order valence-corrected chi connectivity index (χ1v) is 11.4. The monoisotopic (exact) mass is 527 g/mol. The van der Waals surface area contributed by atoms with Gasteiger partial charge in [0.2, 0.25) is 23.8 Å². The summed E-state index contributed by atoms with van der Waals surface area (Å²) in [5.41, 5.74) is -2.48. The fraction of sp³-hybridized carbons (Fsp3) is 0.650. The minimum atomic E-state index is -0.853. The molecule has 2 aromatic rings.